The highest BCUT2D eigenvalue weighted by molar-refractivity contribution is 5.82. The summed E-state index contributed by atoms with van der Waals surface area (Å²) in [6.07, 6.45) is 0.412. The van der Waals surface area contributed by atoms with Crippen LogP contribution in [0.3, 0.4) is 0 Å². The molecule has 0 aromatic heterocycles. The number of ether oxygens (including phenoxy) is 3. The summed E-state index contributed by atoms with van der Waals surface area (Å²) in [5.74, 6) is 1.65. The maximum absolute atomic E-state index is 11.9. The van der Waals surface area contributed by atoms with Crippen molar-refractivity contribution in [3.8, 4) is 11.5 Å². The van der Waals surface area contributed by atoms with Crippen LogP contribution in [0.4, 0.5) is 4.79 Å². The lowest BCUT2D eigenvalue weighted by atomic mass is 9.96. The van der Waals surface area contributed by atoms with Crippen LogP contribution in [-0.2, 0) is 16.0 Å². The minimum absolute atomic E-state index is 0.0419. The maximum atomic E-state index is 11.9. The molecule has 0 spiro atoms. The largest absolute Gasteiger partial charge is 0.497 e. The minimum Gasteiger partial charge on any atom is -0.497 e. The molecule has 1 atom stereocenters. The van der Waals surface area contributed by atoms with E-state index in [9.17, 15) is 9.59 Å². The van der Waals surface area contributed by atoms with E-state index >= 15 is 0 Å². The molecule has 0 bridgehead atoms. The molecule has 2 aliphatic rings. The Morgan fingerprint density at radius 2 is 2.30 bits per heavy atom. The van der Waals surface area contributed by atoms with Crippen molar-refractivity contribution in [1.29, 1.82) is 0 Å². The smallest absolute Gasteiger partial charge is 0.410 e. The molecule has 1 aromatic carbocycles. The second-order valence-corrected chi connectivity index (χ2v) is 5.69. The zero-order valence-electron chi connectivity index (χ0n) is 13.0. The average molecular weight is 320 g/mol. The molecule has 0 saturated carbocycles. The van der Waals surface area contributed by atoms with Gasteiger partial charge < -0.3 is 19.5 Å². The quantitative estimate of drug-likeness (QED) is 0.869. The first-order valence-electron chi connectivity index (χ1n) is 7.64. The van der Waals surface area contributed by atoms with Crippen LogP contribution in [0.15, 0.2) is 18.2 Å². The van der Waals surface area contributed by atoms with Gasteiger partial charge in [-0.1, -0.05) is 6.07 Å². The highest BCUT2D eigenvalue weighted by Crippen LogP contribution is 2.30. The lowest BCUT2D eigenvalue weighted by molar-refractivity contribution is -0.121. The van der Waals surface area contributed by atoms with Gasteiger partial charge in [0.25, 0.3) is 0 Å². The van der Waals surface area contributed by atoms with Gasteiger partial charge in [0.2, 0.25) is 5.91 Å². The summed E-state index contributed by atoms with van der Waals surface area (Å²) in [6, 6.07) is 5.77. The number of nitrogens with zero attached hydrogens (tertiary/aromatic N) is 1. The monoisotopic (exact) mass is 320 g/mol. The summed E-state index contributed by atoms with van der Waals surface area (Å²) >= 11 is 0. The SMILES string of the molecule is COc1ccc2c(c1)OC[C@@H](CNC(=O)CN1CCOC1=O)C2. The standard InChI is InChI=1S/C16H20N2O5/c1-21-13-3-2-12-6-11(10-23-14(12)7-13)8-17-15(19)9-18-4-5-22-16(18)20/h2-3,7,11H,4-6,8-10H2,1H3,(H,17,19)/t11-/m1/s1. The van der Waals surface area contributed by atoms with E-state index in [2.05, 4.69) is 5.32 Å². The molecule has 7 nitrogen and oxygen atoms in total. The number of cyclic esters (lactones) is 1. The topological polar surface area (TPSA) is 77.1 Å². The van der Waals surface area contributed by atoms with Crippen LogP contribution in [0.1, 0.15) is 5.56 Å². The number of hydrogen-bond acceptors (Lipinski definition) is 5. The summed E-state index contributed by atoms with van der Waals surface area (Å²) in [6.45, 7) is 1.93. The number of benzene rings is 1. The van der Waals surface area contributed by atoms with Crippen molar-refractivity contribution < 1.29 is 23.8 Å². The van der Waals surface area contributed by atoms with Gasteiger partial charge in [0.1, 0.15) is 24.7 Å². The summed E-state index contributed by atoms with van der Waals surface area (Å²) < 4.78 is 15.7. The molecule has 1 fully saturated rings. The number of rotatable bonds is 5. The van der Waals surface area contributed by atoms with Crippen LogP contribution in [0, 0.1) is 5.92 Å². The van der Waals surface area contributed by atoms with E-state index in [0.29, 0.717) is 26.3 Å². The first-order valence-corrected chi connectivity index (χ1v) is 7.64. The van der Waals surface area contributed by atoms with Crippen LogP contribution in [-0.4, -0.2) is 56.9 Å². The zero-order chi connectivity index (χ0) is 16.2. The van der Waals surface area contributed by atoms with E-state index in [1.54, 1.807) is 7.11 Å². The third-order valence-corrected chi connectivity index (χ3v) is 4.02. The van der Waals surface area contributed by atoms with Gasteiger partial charge in [-0.05, 0) is 18.1 Å². The van der Waals surface area contributed by atoms with Crippen molar-refractivity contribution in [2.24, 2.45) is 5.92 Å². The van der Waals surface area contributed by atoms with Gasteiger partial charge in [-0.3, -0.25) is 9.69 Å². The van der Waals surface area contributed by atoms with Crippen LogP contribution in [0.5, 0.6) is 11.5 Å². The van der Waals surface area contributed by atoms with Crippen LogP contribution >= 0.6 is 0 Å². The summed E-state index contributed by atoms with van der Waals surface area (Å²) in [5, 5.41) is 2.86. The molecule has 23 heavy (non-hydrogen) atoms. The van der Waals surface area contributed by atoms with Crippen molar-refractivity contribution in [3.63, 3.8) is 0 Å². The fourth-order valence-electron chi connectivity index (χ4n) is 2.73. The van der Waals surface area contributed by atoms with Gasteiger partial charge >= 0.3 is 6.09 Å². The van der Waals surface area contributed by atoms with Gasteiger partial charge in [-0.15, -0.1) is 0 Å². The molecular formula is C16H20N2O5. The molecule has 124 valence electrons. The lowest BCUT2D eigenvalue weighted by Gasteiger charge is -2.26. The fourth-order valence-corrected chi connectivity index (χ4v) is 2.73. The number of nitrogens with one attached hydrogen (secondary N) is 1. The predicted molar refractivity (Wildman–Crippen MR) is 81.6 cm³/mol. The minimum atomic E-state index is -0.427. The number of carbonyl (C=O) groups is 2. The zero-order valence-corrected chi connectivity index (χ0v) is 13.0. The van der Waals surface area contributed by atoms with Crippen molar-refractivity contribution in [2.45, 2.75) is 6.42 Å². The van der Waals surface area contributed by atoms with Crippen molar-refractivity contribution >= 4 is 12.0 Å². The summed E-state index contributed by atoms with van der Waals surface area (Å²) in [4.78, 5) is 24.6. The number of hydrogen-bond donors (Lipinski definition) is 1. The van der Waals surface area contributed by atoms with Crippen molar-refractivity contribution in [3.05, 3.63) is 23.8 Å². The van der Waals surface area contributed by atoms with E-state index in [4.69, 9.17) is 14.2 Å². The fraction of sp³-hybridized carbons (Fsp3) is 0.500. The Morgan fingerprint density at radius 3 is 3.04 bits per heavy atom. The molecule has 1 N–H and O–H groups in total. The molecule has 0 unspecified atom stereocenters. The number of methoxy groups -OCH3 is 1. The summed E-state index contributed by atoms with van der Waals surface area (Å²) in [7, 11) is 1.62. The predicted octanol–water partition coefficient (Wildman–Crippen LogP) is 0.815. The van der Waals surface area contributed by atoms with Crippen LogP contribution < -0.4 is 14.8 Å². The first-order chi connectivity index (χ1) is 11.2. The second-order valence-electron chi connectivity index (χ2n) is 5.69. The van der Waals surface area contributed by atoms with Gasteiger partial charge in [0, 0.05) is 18.5 Å². The van der Waals surface area contributed by atoms with E-state index in [1.165, 1.54) is 4.90 Å². The Morgan fingerprint density at radius 1 is 1.43 bits per heavy atom. The van der Waals surface area contributed by atoms with E-state index in [-0.39, 0.29) is 18.4 Å². The Balaban J connectivity index is 1.48. The average Bonchev–Trinajstić information content (AvgIpc) is 2.97. The Bertz CT molecular complexity index is 604. The molecule has 3 rings (SSSR count). The first kappa shape index (κ1) is 15.5. The van der Waals surface area contributed by atoms with Gasteiger partial charge in [0.15, 0.2) is 0 Å². The number of carbonyl (C=O) groups excluding carboxylic acids is 2. The van der Waals surface area contributed by atoms with Crippen molar-refractivity contribution in [1.82, 2.24) is 10.2 Å². The van der Waals surface area contributed by atoms with E-state index in [0.717, 1.165) is 23.5 Å². The molecule has 7 heteroatoms. The van der Waals surface area contributed by atoms with Gasteiger partial charge in [-0.25, -0.2) is 4.79 Å². The third-order valence-electron chi connectivity index (χ3n) is 4.02. The molecule has 2 heterocycles. The Kier molecular flexibility index (Phi) is 4.55. The molecule has 0 aliphatic carbocycles. The normalized spacial score (nSPS) is 19.6. The van der Waals surface area contributed by atoms with Crippen LogP contribution in [0.2, 0.25) is 0 Å². The number of fused-ring (bicyclic) bond motifs is 1. The van der Waals surface area contributed by atoms with E-state index < -0.39 is 6.09 Å². The molecule has 1 saturated heterocycles. The molecular weight excluding hydrogens is 300 g/mol. The summed E-state index contributed by atoms with van der Waals surface area (Å²) in [5.41, 5.74) is 1.11. The highest BCUT2D eigenvalue weighted by Gasteiger charge is 2.25. The Labute approximate surface area is 134 Å². The molecule has 1 aromatic rings. The Hall–Kier alpha value is -2.44. The van der Waals surface area contributed by atoms with E-state index in [1.807, 2.05) is 18.2 Å². The molecule has 0 radical (unpaired) electrons. The highest BCUT2D eigenvalue weighted by atomic mass is 16.6. The van der Waals surface area contributed by atoms with Crippen LogP contribution in [0.25, 0.3) is 0 Å². The third kappa shape index (κ3) is 3.67. The number of amides is 2. The van der Waals surface area contributed by atoms with Gasteiger partial charge in [-0.2, -0.15) is 0 Å². The second kappa shape index (κ2) is 6.76. The lowest BCUT2D eigenvalue weighted by Crippen LogP contribution is -2.41. The molecule has 2 aliphatic heterocycles. The van der Waals surface area contributed by atoms with Gasteiger partial charge in [0.05, 0.1) is 20.3 Å². The maximum Gasteiger partial charge on any atom is 0.410 e. The molecule has 2 amide bonds. The van der Waals surface area contributed by atoms with Crippen molar-refractivity contribution in [2.75, 3.05) is 40.0 Å².